The van der Waals surface area contributed by atoms with E-state index in [0.29, 0.717) is 11.1 Å². The molecule has 0 spiro atoms. The molecular weight excluding hydrogens is 288 g/mol. The van der Waals surface area contributed by atoms with Crippen LogP contribution in [0.2, 0.25) is 0 Å². The molecule has 3 atom stereocenters. The van der Waals surface area contributed by atoms with E-state index in [2.05, 4.69) is 0 Å². The Labute approximate surface area is 129 Å². The molecule has 0 amide bonds. The van der Waals surface area contributed by atoms with E-state index in [1.807, 2.05) is 0 Å². The second-order valence-electron chi connectivity index (χ2n) is 5.40. The third-order valence-electron chi connectivity index (χ3n) is 4.05. The summed E-state index contributed by atoms with van der Waals surface area (Å²) in [5.74, 6) is -3.35. The van der Waals surface area contributed by atoms with Gasteiger partial charge < -0.3 is 18.9 Å². The summed E-state index contributed by atoms with van der Waals surface area (Å²) < 4.78 is 21.9. The quantitative estimate of drug-likeness (QED) is 0.627. The highest BCUT2D eigenvalue weighted by Crippen LogP contribution is 2.41. The normalized spacial score (nSPS) is 31.7. The van der Waals surface area contributed by atoms with E-state index in [1.54, 1.807) is 38.1 Å². The van der Waals surface area contributed by atoms with Crippen LogP contribution in [0.5, 0.6) is 0 Å². The molecule has 1 saturated heterocycles. The third-order valence-corrected chi connectivity index (χ3v) is 4.05. The number of rotatable bonds is 4. The zero-order valence-corrected chi connectivity index (χ0v) is 13.3. The number of esters is 1. The molecule has 0 radical (unpaired) electrons. The van der Waals surface area contributed by atoms with Crippen molar-refractivity contribution in [1.29, 1.82) is 0 Å². The predicted octanol–water partition coefficient (Wildman–Crippen LogP) is 2.23. The molecule has 2 rings (SSSR count). The van der Waals surface area contributed by atoms with E-state index in [1.165, 1.54) is 21.1 Å². The van der Waals surface area contributed by atoms with E-state index in [-0.39, 0.29) is 5.78 Å². The van der Waals surface area contributed by atoms with Gasteiger partial charge in [-0.25, -0.2) is 4.79 Å². The van der Waals surface area contributed by atoms with Crippen molar-refractivity contribution in [2.75, 3.05) is 14.2 Å². The molecule has 6 heteroatoms. The van der Waals surface area contributed by atoms with Crippen molar-refractivity contribution in [2.45, 2.75) is 38.4 Å². The maximum absolute atomic E-state index is 12.3. The molecule has 0 aliphatic carbocycles. The van der Waals surface area contributed by atoms with Gasteiger partial charge in [-0.05, 0) is 25.5 Å². The zero-order valence-electron chi connectivity index (χ0n) is 13.3. The summed E-state index contributed by atoms with van der Waals surface area (Å²) in [6.45, 7) is 4.65. The van der Waals surface area contributed by atoms with Crippen molar-refractivity contribution in [3.63, 3.8) is 0 Å². The second kappa shape index (κ2) is 5.79. The molecule has 1 aromatic carbocycles. The number of ketones is 1. The predicted molar refractivity (Wildman–Crippen MR) is 77.2 cm³/mol. The lowest BCUT2D eigenvalue weighted by molar-refractivity contribution is -0.407. The first-order valence-corrected chi connectivity index (χ1v) is 6.88. The van der Waals surface area contributed by atoms with Crippen LogP contribution >= 0.6 is 0 Å². The minimum atomic E-state index is -1.37. The van der Waals surface area contributed by atoms with Crippen molar-refractivity contribution in [3.05, 3.63) is 35.4 Å². The molecule has 22 heavy (non-hydrogen) atoms. The first-order valence-electron chi connectivity index (χ1n) is 6.88. The van der Waals surface area contributed by atoms with Gasteiger partial charge in [-0.2, -0.15) is 0 Å². The first kappa shape index (κ1) is 16.6. The summed E-state index contributed by atoms with van der Waals surface area (Å²) in [6.07, 6.45) is -0.993. The highest BCUT2D eigenvalue weighted by atomic mass is 16.8. The Morgan fingerprint density at radius 3 is 2.36 bits per heavy atom. The number of methoxy groups -OCH3 is 2. The Balaban J connectivity index is 2.39. The number of hydrogen-bond donors (Lipinski definition) is 0. The van der Waals surface area contributed by atoms with Crippen molar-refractivity contribution in [1.82, 2.24) is 0 Å². The zero-order chi connectivity index (χ0) is 16.5. The molecule has 0 aromatic heterocycles. The number of cyclic esters (lactones) is 1. The number of carbonyl (C=O) groups excluding carboxylic acids is 2. The molecule has 1 fully saturated rings. The Hall–Kier alpha value is -1.76. The lowest BCUT2D eigenvalue weighted by Crippen LogP contribution is -2.62. The average Bonchev–Trinajstić information content (AvgIpc) is 2.51. The van der Waals surface area contributed by atoms with Gasteiger partial charge in [-0.1, -0.05) is 18.2 Å². The van der Waals surface area contributed by atoms with Gasteiger partial charge in [0.05, 0.1) is 0 Å². The molecule has 6 nitrogen and oxygen atoms in total. The van der Waals surface area contributed by atoms with Crippen LogP contribution in [-0.2, 0) is 23.7 Å². The monoisotopic (exact) mass is 308 g/mol. The Morgan fingerprint density at radius 2 is 1.82 bits per heavy atom. The van der Waals surface area contributed by atoms with Gasteiger partial charge in [-0.3, -0.25) is 4.79 Å². The molecule has 1 aromatic rings. The summed E-state index contributed by atoms with van der Waals surface area (Å²) in [5, 5.41) is 0. The molecule has 0 bridgehead atoms. The standard InChI is InChI=1S/C16H20O6/c1-10(17)11-7-6-8-12(9-11)13-14(18)22-16(3,20-5)15(2,19-4)21-13/h6-9,13H,1-5H3. The molecule has 0 N–H and O–H groups in total. The summed E-state index contributed by atoms with van der Waals surface area (Å²) in [5.41, 5.74) is 1.02. The van der Waals surface area contributed by atoms with Gasteiger partial charge >= 0.3 is 5.97 Å². The maximum atomic E-state index is 12.3. The molecule has 1 aliphatic heterocycles. The number of carbonyl (C=O) groups is 2. The van der Waals surface area contributed by atoms with Crippen LogP contribution in [0, 0.1) is 0 Å². The molecular formula is C16H20O6. The van der Waals surface area contributed by atoms with Gasteiger partial charge in [0.15, 0.2) is 11.9 Å². The lowest BCUT2D eigenvalue weighted by atomic mass is 10.0. The molecule has 1 aliphatic rings. The van der Waals surface area contributed by atoms with Crippen LogP contribution < -0.4 is 0 Å². The van der Waals surface area contributed by atoms with Gasteiger partial charge in [0.25, 0.3) is 5.79 Å². The lowest BCUT2D eigenvalue weighted by Gasteiger charge is -2.47. The van der Waals surface area contributed by atoms with Crippen molar-refractivity contribution in [2.24, 2.45) is 0 Å². The van der Waals surface area contributed by atoms with Crippen molar-refractivity contribution >= 4 is 11.8 Å². The molecule has 120 valence electrons. The Morgan fingerprint density at radius 1 is 1.18 bits per heavy atom. The molecule has 0 saturated carbocycles. The van der Waals surface area contributed by atoms with E-state index in [0.717, 1.165) is 0 Å². The van der Waals surface area contributed by atoms with E-state index < -0.39 is 23.6 Å². The number of hydrogen-bond acceptors (Lipinski definition) is 6. The van der Waals surface area contributed by atoms with Gasteiger partial charge in [0, 0.05) is 26.7 Å². The van der Waals surface area contributed by atoms with Crippen molar-refractivity contribution < 1.29 is 28.5 Å². The smallest absolute Gasteiger partial charge is 0.342 e. The third kappa shape index (κ3) is 2.65. The minimum Gasteiger partial charge on any atom is -0.425 e. The minimum absolute atomic E-state index is 0.0951. The SMILES string of the molecule is COC1(C)OC(=O)C(c2cccc(C(C)=O)c2)OC1(C)OC. The van der Waals surface area contributed by atoms with Gasteiger partial charge in [0.1, 0.15) is 0 Å². The van der Waals surface area contributed by atoms with Crippen LogP contribution in [0.25, 0.3) is 0 Å². The topological polar surface area (TPSA) is 71.1 Å². The van der Waals surface area contributed by atoms with Crippen LogP contribution in [-0.4, -0.2) is 37.5 Å². The Kier molecular flexibility index (Phi) is 4.37. The summed E-state index contributed by atoms with van der Waals surface area (Å²) >= 11 is 0. The summed E-state index contributed by atoms with van der Waals surface area (Å²) in [4.78, 5) is 23.8. The molecule has 3 unspecified atom stereocenters. The molecule has 1 heterocycles. The summed E-state index contributed by atoms with van der Waals surface area (Å²) in [7, 11) is 2.85. The van der Waals surface area contributed by atoms with E-state index in [4.69, 9.17) is 18.9 Å². The van der Waals surface area contributed by atoms with Crippen LogP contribution in [0.15, 0.2) is 24.3 Å². The fourth-order valence-electron chi connectivity index (χ4n) is 2.30. The second-order valence-corrected chi connectivity index (χ2v) is 5.40. The largest absolute Gasteiger partial charge is 0.425 e. The Bertz CT molecular complexity index is 598. The summed E-state index contributed by atoms with van der Waals surface area (Å²) in [6, 6.07) is 6.68. The number of Topliss-reactive ketones (excluding diaryl/α,β-unsaturated/α-hetero) is 1. The van der Waals surface area contributed by atoms with E-state index in [9.17, 15) is 9.59 Å². The number of benzene rings is 1. The van der Waals surface area contributed by atoms with Crippen LogP contribution in [0.1, 0.15) is 42.8 Å². The van der Waals surface area contributed by atoms with Crippen LogP contribution in [0.4, 0.5) is 0 Å². The highest BCUT2D eigenvalue weighted by molar-refractivity contribution is 5.94. The fraction of sp³-hybridized carbons (Fsp3) is 0.500. The first-order chi connectivity index (χ1) is 10.3. The van der Waals surface area contributed by atoms with Gasteiger partial charge in [-0.15, -0.1) is 0 Å². The van der Waals surface area contributed by atoms with E-state index >= 15 is 0 Å². The highest BCUT2D eigenvalue weighted by Gasteiger charge is 2.57. The average molecular weight is 308 g/mol. The van der Waals surface area contributed by atoms with Crippen LogP contribution in [0.3, 0.4) is 0 Å². The fourth-order valence-corrected chi connectivity index (χ4v) is 2.30. The maximum Gasteiger partial charge on any atom is 0.342 e. The number of ether oxygens (including phenoxy) is 4. The van der Waals surface area contributed by atoms with Gasteiger partial charge in [0.2, 0.25) is 5.79 Å². The van der Waals surface area contributed by atoms with Crippen molar-refractivity contribution in [3.8, 4) is 0 Å².